The molecule has 0 aliphatic carbocycles. The number of pyridine rings is 1. The lowest BCUT2D eigenvalue weighted by Crippen LogP contribution is -2.14. The highest BCUT2D eigenvalue weighted by molar-refractivity contribution is 5.85. The molecule has 4 nitrogen and oxygen atoms in total. The highest BCUT2D eigenvalue weighted by Crippen LogP contribution is 2.30. The van der Waals surface area contributed by atoms with E-state index in [-0.39, 0.29) is 30.8 Å². The summed E-state index contributed by atoms with van der Waals surface area (Å²) < 4.78 is 0. The molecule has 0 amide bonds. The molecule has 1 aromatic rings. The summed E-state index contributed by atoms with van der Waals surface area (Å²) in [5.41, 5.74) is 7.69. The van der Waals surface area contributed by atoms with Gasteiger partial charge in [0.25, 0.3) is 0 Å². The smallest absolute Gasteiger partial charge is 0.141 e. The van der Waals surface area contributed by atoms with Gasteiger partial charge in [-0.3, -0.25) is 4.98 Å². The molecule has 0 aliphatic heterocycles. The van der Waals surface area contributed by atoms with Gasteiger partial charge < -0.3 is 15.9 Å². The molecule has 1 aromatic heterocycles. The summed E-state index contributed by atoms with van der Waals surface area (Å²) >= 11 is 0. The fourth-order valence-corrected chi connectivity index (χ4v) is 1.63. The molecule has 0 spiro atoms. The number of nitrogens with zero attached hydrogens (tertiary/aromatic N) is 1. The van der Waals surface area contributed by atoms with Gasteiger partial charge >= 0.3 is 0 Å². The summed E-state index contributed by atoms with van der Waals surface area (Å²) in [6.45, 7) is 5.17. The number of aryl methyl sites for hydroxylation is 1. The number of aromatic nitrogens is 1. The number of hydrogen-bond donors (Lipinski definition) is 3. The minimum atomic E-state index is -0.304. The van der Waals surface area contributed by atoms with Crippen LogP contribution in [0.2, 0.25) is 0 Å². The zero-order valence-electron chi connectivity index (χ0n) is 9.89. The van der Waals surface area contributed by atoms with Crippen LogP contribution in [0.25, 0.3) is 0 Å². The second-order valence-corrected chi connectivity index (χ2v) is 3.76. The maximum atomic E-state index is 9.90. The number of aromatic hydroxyl groups is 1. The summed E-state index contributed by atoms with van der Waals surface area (Å²) in [4.78, 5) is 3.99. The molecule has 0 unspecified atom stereocenters. The van der Waals surface area contributed by atoms with Crippen LogP contribution in [0.1, 0.15) is 35.7 Å². The van der Waals surface area contributed by atoms with E-state index in [0.29, 0.717) is 23.2 Å². The molecule has 0 saturated heterocycles. The van der Waals surface area contributed by atoms with Crippen molar-refractivity contribution in [2.24, 2.45) is 5.73 Å². The van der Waals surface area contributed by atoms with Crippen LogP contribution >= 0.6 is 12.4 Å². The molecule has 4 N–H and O–H groups in total. The van der Waals surface area contributed by atoms with E-state index in [0.717, 1.165) is 6.42 Å². The van der Waals surface area contributed by atoms with Crippen molar-refractivity contribution < 1.29 is 10.2 Å². The first kappa shape index (κ1) is 15.9. The lowest BCUT2D eigenvalue weighted by atomic mass is 9.97. The van der Waals surface area contributed by atoms with Crippen molar-refractivity contribution in [1.82, 2.24) is 4.98 Å². The summed E-state index contributed by atoms with van der Waals surface area (Å²) in [5.74, 6) is 0.0862. The van der Waals surface area contributed by atoms with Gasteiger partial charge in [-0.15, -0.1) is 19.0 Å². The molecule has 5 heteroatoms. The van der Waals surface area contributed by atoms with Crippen LogP contribution in [0.15, 0.2) is 18.9 Å². The second-order valence-electron chi connectivity index (χ2n) is 3.76. The van der Waals surface area contributed by atoms with Crippen LogP contribution in [0.5, 0.6) is 5.75 Å². The molecule has 0 bridgehead atoms. The molecular formula is C12H19ClN2O2. The number of nitrogens with two attached hydrogens (primary N) is 1. The topological polar surface area (TPSA) is 79.4 Å². The van der Waals surface area contributed by atoms with Crippen LogP contribution in [0.4, 0.5) is 0 Å². The maximum Gasteiger partial charge on any atom is 0.141 e. The third kappa shape index (κ3) is 3.70. The van der Waals surface area contributed by atoms with Crippen LogP contribution in [-0.2, 0) is 6.61 Å². The Bertz CT molecular complexity index is 383. The van der Waals surface area contributed by atoms with Crippen LogP contribution < -0.4 is 5.73 Å². The van der Waals surface area contributed by atoms with E-state index in [9.17, 15) is 10.2 Å². The zero-order chi connectivity index (χ0) is 12.1. The summed E-state index contributed by atoms with van der Waals surface area (Å²) in [7, 11) is 0. The number of allylic oxidation sites excluding steroid dienone is 1. The van der Waals surface area contributed by atoms with Gasteiger partial charge in [-0.1, -0.05) is 6.08 Å². The Balaban J connectivity index is 0.00000256. The van der Waals surface area contributed by atoms with Crippen molar-refractivity contribution in [2.45, 2.75) is 32.4 Å². The molecule has 0 radical (unpaired) electrons. The van der Waals surface area contributed by atoms with Gasteiger partial charge in [-0.2, -0.15) is 0 Å². The SMILES string of the molecule is C=CCC[C@@H](N)c1c(CO)cnc(C)c1O.Cl. The van der Waals surface area contributed by atoms with Gasteiger partial charge in [0, 0.05) is 23.4 Å². The standard InChI is InChI=1S/C12H18N2O2.ClH/c1-3-4-5-10(13)11-9(7-15)6-14-8(2)12(11)16;/h3,6,10,15-16H,1,4-5,7,13H2,2H3;1H/t10-;/m1./s1. The van der Waals surface area contributed by atoms with Crippen LogP contribution in [0, 0.1) is 6.92 Å². The molecule has 1 atom stereocenters. The van der Waals surface area contributed by atoms with Gasteiger partial charge in [0.1, 0.15) is 5.75 Å². The Hall–Kier alpha value is -1.10. The Labute approximate surface area is 108 Å². The quantitative estimate of drug-likeness (QED) is 0.706. The molecule has 1 heterocycles. The predicted octanol–water partition coefficient (Wildman–Crippen LogP) is 1.98. The normalized spacial score (nSPS) is 11.7. The lowest BCUT2D eigenvalue weighted by molar-refractivity contribution is 0.277. The zero-order valence-corrected chi connectivity index (χ0v) is 10.7. The molecule has 0 fully saturated rings. The van der Waals surface area contributed by atoms with Gasteiger partial charge in [-0.25, -0.2) is 0 Å². The van der Waals surface area contributed by atoms with E-state index in [1.807, 2.05) is 0 Å². The molecule has 0 saturated carbocycles. The Morgan fingerprint density at radius 2 is 2.24 bits per heavy atom. The molecular weight excluding hydrogens is 240 g/mol. The van der Waals surface area contributed by atoms with Crippen molar-refractivity contribution in [3.05, 3.63) is 35.7 Å². The van der Waals surface area contributed by atoms with E-state index in [1.165, 1.54) is 0 Å². The van der Waals surface area contributed by atoms with E-state index in [4.69, 9.17) is 5.73 Å². The average molecular weight is 259 g/mol. The van der Waals surface area contributed by atoms with Crippen molar-refractivity contribution in [1.29, 1.82) is 0 Å². The van der Waals surface area contributed by atoms with Crippen molar-refractivity contribution >= 4 is 12.4 Å². The van der Waals surface area contributed by atoms with E-state index >= 15 is 0 Å². The third-order valence-corrected chi connectivity index (χ3v) is 2.58. The minimum Gasteiger partial charge on any atom is -0.506 e. The summed E-state index contributed by atoms with van der Waals surface area (Å²) in [5, 5.41) is 19.1. The third-order valence-electron chi connectivity index (χ3n) is 2.58. The van der Waals surface area contributed by atoms with Crippen molar-refractivity contribution in [3.63, 3.8) is 0 Å². The number of aliphatic hydroxyl groups excluding tert-OH is 1. The van der Waals surface area contributed by atoms with Crippen molar-refractivity contribution in [2.75, 3.05) is 0 Å². The van der Waals surface area contributed by atoms with Gasteiger partial charge in [0.2, 0.25) is 0 Å². The summed E-state index contributed by atoms with van der Waals surface area (Å²) in [6.07, 6.45) is 4.79. The summed E-state index contributed by atoms with van der Waals surface area (Å²) in [6, 6.07) is -0.304. The Kier molecular flexibility index (Phi) is 6.80. The highest BCUT2D eigenvalue weighted by Gasteiger charge is 2.17. The highest BCUT2D eigenvalue weighted by atomic mass is 35.5. The van der Waals surface area contributed by atoms with Gasteiger partial charge in [0.15, 0.2) is 0 Å². The minimum absolute atomic E-state index is 0. The van der Waals surface area contributed by atoms with Crippen molar-refractivity contribution in [3.8, 4) is 5.75 Å². The van der Waals surface area contributed by atoms with Gasteiger partial charge in [0.05, 0.1) is 12.3 Å². The van der Waals surface area contributed by atoms with E-state index in [1.54, 1.807) is 19.2 Å². The van der Waals surface area contributed by atoms with Crippen LogP contribution in [0.3, 0.4) is 0 Å². The molecule has 1 rings (SSSR count). The fraction of sp³-hybridized carbons (Fsp3) is 0.417. The Morgan fingerprint density at radius 3 is 2.76 bits per heavy atom. The molecule has 17 heavy (non-hydrogen) atoms. The predicted molar refractivity (Wildman–Crippen MR) is 70.2 cm³/mol. The molecule has 0 aliphatic rings. The number of halogens is 1. The molecule has 96 valence electrons. The number of rotatable bonds is 5. The van der Waals surface area contributed by atoms with Gasteiger partial charge in [-0.05, 0) is 19.8 Å². The molecule has 0 aromatic carbocycles. The first-order valence-electron chi connectivity index (χ1n) is 5.26. The lowest BCUT2D eigenvalue weighted by Gasteiger charge is -2.17. The first-order chi connectivity index (χ1) is 7.61. The number of aliphatic hydroxyl groups is 1. The monoisotopic (exact) mass is 258 g/mol. The van der Waals surface area contributed by atoms with E-state index < -0.39 is 0 Å². The maximum absolute atomic E-state index is 9.90. The fourth-order valence-electron chi connectivity index (χ4n) is 1.63. The number of hydrogen-bond acceptors (Lipinski definition) is 4. The van der Waals surface area contributed by atoms with Crippen LogP contribution in [-0.4, -0.2) is 15.2 Å². The Morgan fingerprint density at radius 1 is 1.59 bits per heavy atom. The van der Waals surface area contributed by atoms with E-state index in [2.05, 4.69) is 11.6 Å². The first-order valence-corrected chi connectivity index (χ1v) is 5.26. The average Bonchev–Trinajstić information content (AvgIpc) is 2.29. The largest absolute Gasteiger partial charge is 0.506 e. The second kappa shape index (κ2) is 7.27.